The first-order valence-electron chi connectivity index (χ1n) is 6.21. The van der Waals surface area contributed by atoms with E-state index in [4.69, 9.17) is 0 Å². The topological polar surface area (TPSA) is 0 Å². The maximum absolute atomic E-state index is 4.55. The average Bonchev–Trinajstić information content (AvgIpc) is 2.52. The molecule has 0 unspecified atom stereocenters. The van der Waals surface area contributed by atoms with Gasteiger partial charge < -0.3 is 0 Å². The van der Waals surface area contributed by atoms with Crippen LogP contribution in [0.2, 0.25) is 0 Å². The third-order valence-corrected chi connectivity index (χ3v) is 6.36. The van der Waals surface area contributed by atoms with Gasteiger partial charge in [-0.25, -0.2) is 0 Å². The summed E-state index contributed by atoms with van der Waals surface area (Å²) in [5, 5.41) is 0. The lowest BCUT2D eigenvalue weighted by atomic mass is 10.2. The Morgan fingerprint density at radius 2 is 1.00 bits per heavy atom. The van der Waals surface area contributed by atoms with E-state index < -0.39 is 0 Å². The Bertz CT molecular complexity index is 498. The van der Waals surface area contributed by atoms with Gasteiger partial charge >= 0.3 is 0 Å². The average molecular weight is 337 g/mol. The van der Waals surface area contributed by atoms with Crippen molar-refractivity contribution in [2.24, 2.45) is 0 Å². The SMILES string of the molecule is S/C(SCc1ccccc1)=C(/S)SCc1ccccc1. The number of rotatable bonds is 6. The Kier molecular flexibility index (Phi) is 7.00. The molecule has 0 saturated carbocycles. The van der Waals surface area contributed by atoms with Crippen LogP contribution in [0.25, 0.3) is 0 Å². The molecule has 0 N–H and O–H groups in total. The third-order valence-electron chi connectivity index (χ3n) is 2.62. The quantitative estimate of drug-likeness (QED) is 0.636. The van der Waals surface area contributed by atoms with E-state index in [0.717, 1.165) is 20.0 Å². The molecule has 0 aliphatic carbocycles. The molecular weight excluding hydrogens is 320 g/mol. The van der Waals surface area contributed by atoms with Gasteiger partial charge in [0.15, 0.2) is 0 Å². The van der Waals surface area contributed by atoms with Gasteiger partial charge in [-0.05, 0) is 11.1 Å². The number of thioether (sulfide) groups is 2. The van der Waals surface area contributed by atoms with Crippen LogP contribution in [0.5, 0.6) is 0 Å². The molecule has 20 heavy (non-hydrogen) atoms. The van der Waals surface area contributed by atoms with Gasteiger partial charge in [0.25, 0.3) is 0 Å². The smallest absolute Gasteiger partial charge is 0.0572 e. The van der Waals surface area contributed by atoms with Crippen molar-refractivity contribution in [2.75, 3.05) is 0 Å². The summed E-state index contributed by atoms with van der Waals surface area (Å²) in [7, 11) is 0. The Labute approximate surface area is 140 Å². The summed E-state index contributed by atoms with van der Waals surface area (Å²) in [5.41, 5.74) is 2.61. The molecule has 0 amide bonds. The van der Waals surface area contributed by atoms with Crippen molar-refractivity contribution >= 4 is 48.8 Å². The molecule has 0 nitrogen and oxygen atoms in total. The van der Waals surface area contributed by atoms with Gasteiger partial charge in [0.05, 0.1) is 8.47 Å². The Hall–Kier alpha value is -0.420. The van der Waals surface area contributed by atoms with Crippen LogP contribution >= 0.6 is 48.8 Å². The second-order valence-corrected chi connectivity index (χ2v) is 7.63. The van der Waals surface area contributed by atoms with Gasteiger partial charge in [0, 0.05) is 11.5 Å². The molecule has 0 aromatic heterocycles. The summed E-state index contributed by atoms with van der Waals surface area (Å²) in [6, 6.07) is 20.8. The number of hydrogen-bond donors (Lipinski definition) is 2. The lowest BCUT2D eigenvalue weighted by molar-refractivity contribution is 1.42. The van der Waals surface area contributed by atoms with Crippen LogP contribution in [0.15, 0.2) is 69.1 Å². The molecule has 0 radical (unpaired) electrons. The molecule has 0 bridgehead atoms. The van der Waals surface area contributed by atoms with Crippen molar-refractivity contribution in [1.82, 2.24) is 0 Å². The molecule has 0 aliphatic heterocycles. The molecule has 0 aliphatic rings. The van der Waals surface area contributed by atoms with E-state index in [-0.39, 0.29) is 0 Å². The zero-order chi connectivity index (χ0) is 14.2. The van der Waals surface area contributed by atoms with Crippen LogP contribution in [-0.2, 0) is 11.5 Å². The minimum Gasteiger partial charge on any atom is -0.135 e. The maximum atomic E-state index is 4.55. The van der Waals surface area contributed by atoms with Gasteiger partial charge in [-0.2, -0.15) is 0 Å². The Morgan fingerprint density at radius 3 is 1.35 bits per heavy atom. The predicted molar refractivity (Wildman–Crippen MR) is 100 cm³/mol. The molecule has 4 heteroatoms. The van der Waals surface area contributed by atoms with Crippen molar-refractivity contribution in [3.8, 4) is 0 Å². The van der Waals surface area contributed by atoms with Crippen molar-refractivity contribution in [3.05, 3.63) is 80.3 Å². The highest BCUT2D eigenvalue weighted by atomic mass is 32.2. The number of hydrogen-bond acceptors (Lipinski definition) is 4. The normalized spacial score (nSPS) is 12.1. The van der Waals surface area contributed by atoms with Gasteiger partial charge in [0.1, 0.15) is 0 Å². The molecule has 0 saturated heterocycles. The molecule has 2 rings (SSSR count). The summed E-state index contributed by atoms with van der Waals surface area (Å²) in [6.07, 6.45) is 0. The van der Waals surface area contributed by atoms with Gasteiger partial charge in [-0.1, -0.05) is 60.7 Å². The fourth-order valence-electron chi connectivity index (χ4n) is 1.58. The van der Waals surface area contributed by atoms with Crippen LogP contribution < -0.4 is 0 Å². The largest absolute Gasteiger partial charge is 0.135 e. The highest BCUT2D eigenvalue weighted by Crippen LogP contribution is 2.36. The fourth-order valence-corrected chi connectivity index (χ4v) is 3.94. The molecule has 0 heterocycles. The summed E-state index contributed by atoms with van der Waals surface area (Å²) in [4.78, 5) is 0. The molecule has 2 aromatic rings. The van der Waals surface area contributed by atoms with E-state index in [0.29, 0.717) is 0 Å². The van der Waals surface area contributed by atoms with Crippen molar-refractivity contribution < 1.29 is 0 Å². The lowest BCUT2D eigenvalue weighted by Crippen LogP contribution is -1.81. The minimum absolute atomic E-state index is 0.926. The van der Waals surface area contributed by atoms with Crippen LogP contribution in [0.3, 0.4) is 0 Å². The third kappa shape index (κ3) is 5.52. The van der Waals surface area contributed by atoms with E-state index in [1.165, 1.54) is 11.1 Å². The minimum atomic E-state index is 0.926. The highest BCUT2D eigenvalue weighted by molar-refractivity contribution is 8.21. The second-order valence-electron chi connectivity index (χ2n) is 4.16. The molecule has 0 atom stereocenters. The monoisotopic (exact) mass is 336 g/mol. The zero-order valence-electron chi connectivity index (χ0n) is 10.9. The molecule has 0 spiro atoms. The molecule has 2 aromatic carbocycles. The van der Waals surface area contributed by atoms with E-state index in [1.54, 1.807) is 23.5 Å². The first-order chi connectivity index (χ1) is 9.75. The fraction of sp³-hybridized carbons (Fsp3) is 0.125. The first kappa shape index (κ1) is 16.0. The van der Waals surface area contributed by atoms with Crippen molar-refractivity contribution in [1.29, 1.82) is 0 Å². The van der Waals surface area contributed by atoms with E-state index >= 15 is 0 Å². The zero-order valence-corrected chi connectivity index (χ0v) is 14.3. The lowest BCUT2D eigenvalue weighted by Gasteiger charge is -2.06. The van der Waals surface area contributed by atoms with Crippen LogP contribution in [0.4, 0.5) is 0 Å². The number of thiol groups is 2. The second kappa shape index (κ2) is 8.78. The van der Waals surface area contributed by atoms with Gasteiger partial charge in [-0.15, -0.1) is 48.8 Å². The summed E-state index contributed by atoms with van der Waals surface area (Å²) in [5.74, 6) is 1.85. The Morgan fingerprint density at radius 1 is 0.650 bits per heavy atom. The molecule has 104 valence electrons. The standard InChI is InChI=1S/C16H16S4/c17-15(19-11-13-7-3-1-4-8-13)16(18)20-12-14-9-5-2-6-10-14/h1-10,17-18H,11-12H2/b16-15+. The molecular formula is C16H16S4. The maximum Gasteiger partial charge on any atom is 0.0572 e. The first-order valence-corrected chi connectivity index (χ1v) is 9.08. The Balaban J connectivity index is 1.84. The van der Waals surface area contributed by atoms with Crippen LogP contribution in [0, 0.1) is 0 Å². The van der Waals surface area contributed by atoms with Crippen molar-refractivity contribution in [2.45, 2.75) is 11.5 Å². The summed E-state index contributed by atoms with van der Waals surface area (Å²) in [6.45, 7) is 0. The van der Waals surface area contributed by atoms with Crippen LogP contribution in [-0.4, -0.2) is 0 Å². The summed E-state index contributed by atoms with van der Waals surface area (Å²) >= 11 is 12.5. The van der Waals surface area contributed by atoms with Crippen LogP contribution in [0.1, 0.15) is 11.1 Å². The van der Waals surface area contributed by atoms with E-state index in [1.807, 2.05) is 12.1 Å². The summed E-state index contributed by atoms with van der Waals surface area (Å²) < 4.78 is 1.97. The van der Waals surface area contributed by atoms with Gasteiger partial charge in [0.2, 0.25) is 0 Å². The van der Waals surface area contributed by atoms with E-state index in [9.17, 15) is 0 Å². The van der Waals surface area contributed by atoms with Crippen molar-refractivity contribution in [3.63, 3.8) is 0 Å². The van der Waals surface area contributed by atoms with Gasteiger partial charge in [-0.3, -0.25) is 0 Å². The predicted octanol–water partition coefficient (Wildman–Crippen LogP) is 5.84. The molecule has 0 fully saturated rings. The number of benzene rings is 2. The highest BCUT2D eigenvalue weighted by Gasteiger charge is 2.03. The van der Waals surface area contributed by atoms with E-state index in [2.05, 4.69) is 73.8 Å².